The molecule has 1 rings (SSSR count). The third-order valence-electron chi connectivity index (χ3n) is 1.72. The normalized spacial score (nSPS) is 9.57. The summed E-state index contributed by atoms with van der Waals surface area (Å²) in [5.74, 6) is 0.392. The van der Waals surface area contributed by atoms with E-state index in [0.717, 1.165) is 11.8 Å². The van der Waals surface area contributed by atoms with Crippen LogP contribution in [0.3, 0.4) is 0 Å². The molecule has 3 nitrogen and oxygen atoms in total. The summed E-state index contributed by atoms with van der Waals surface area (Å²) in [4.78, 5) is 21.3. The molecule has 0 unspecified atom stereocenters. The molecule has 0 aliphatic carbocycles. The van der Waals surface area contributed by atoms with Gasteiger partial charge in [-0.1, -0.05) is 11.6 Å². The zero-order valence-electron chi connectivity index (χ0n) is 8.24. The lowest BCUT2D eigenvalue weighted by Gasteiger charge is -2.06. The molecule has 74 valence electrons. The van der Waals surface area contributed by atoms with Crippen LogP contribution in [0.2, 0.25) is 0 Å². The number of aldehydes is 1. The summed E-state index contributed by atoms with van der Waals surface area (Å²) in [6.45, 7) is 3.33. The van der Waals surface area contributed by atoms with Crippen LogP contribution in [-0.2, 0) is 4.79 Å². The van der Waals surface area contributed by atoms with Gasteiger partial charge in [0.2, 0.25) is 0 Å². The Hall–Kier alpha value is -1.64. The molecule has 0 spiro atoms. The van der Waals surface area contributed by atoms with E-state index in [-0.39, 0.29) is 12.4 Å². The summed E-state index contributed by atoms with van der Waals surface area (Å²) in [5, 5.41) is 0. The Morgan fingerprint density at radius 1 is 1.50 bits per heavy atom. The summed E-state index contributed by atoms with van der Waals surface area (Å²) >= 11 is 0. The summed E-state index contributed by atoms with van der Waals surface area (Å²) in [6, 6.07) is 5.26. The van der Waals surface area contributed by atoms with Crippen molar-refractivity contribution in [1.82, 2.24) is 0 Å². The van der Waals surface area contributed by atoms with Gasteiger partial charge in [-0.15, -0.1) is 0 Å². The van der Waals surface area contributed by atoms with Crippen LogP contribution in [-0.4, -0.2) is 18.7 Å². The fourth-order valence-electron chi connectivity index (χ4n) is 1.07. The van der Waals surface area contributed by atoms with Gasteiger partial charge in [0.1, 0.15) is 12.4 Å². The number of rotatable bonds is 4. The zero-order valence-corrected chi connectivity index (χ0v) is 8.24. The minimum Gasteiger partial charge on any atom is -0.485 e. The molecule has 0 amide bonds. The van der Waals surface area contributed by atoms with Crippen molar-refractivity contribution in [3.8, 4) is 5.75 Å². The summed E-state index contributed by atoms with van der Waals surface area (Å²) in [7, 11) is 0. The Morgan fingerprint density at radius 3 is 2.79 bits per heavy atom. The minimum absolute atomic E-state index is 0.00387. The summed E-state index contributed by atoms with van der Waals surface area (Å²) < 4.78 is 5.16. The highest BCUT2D eigenvalue weighted by Gasteiger charge is 2.03. The number of benzene rings is 1. The number of carbonyl (C=O) groups excluding carboxylic acids is 2. The maximum absolute atomic E-state index is 10.7. The average Bonchev–Trinajstić information content (AvgIpc) is 2.15. The zero-order chi connectivity index (χ0) is 10.6. The number of ether oxygens (including phenoxy) is 1. The smallest absolute Gasteiger partial charge is 0.167 e. The Morgan fingerprint density at radius 2 is 2.21 bits per heavy atom. The molecule has 0 aliphatic heterocycles. The van der Waals surface area contributed by atoms with Gasteiger partial charge in [-0.3, -0.25) is 9.59 Å². The number of aryl methyl sites for hydroxylation is 1. The van der Waals surface area contributed by atoms with E-state index in [2.05, 4.69) is 0 Å². The Labute approximate surface area is 82.7 Å². The first-order chi connectivity index (χ1) is 6.63. The highest BCUT2D eigenvalue weighted by molar-refractivity contribution is 5.81. The van der Waals surface area contributed by atoms with Gasteiger partial charge in [-0.2, -0.15) is 0 Å². The molecule has 0 saturated heterocycles. The van der Waals surface area contributed by atoms with Crippen molar-refractivity contribution in [3.05, 3.63) is 29.3 Å². The van der Waals surface area contributed by atoms with Crippen LogP contribution in [0.5, 0.6) is 5.75 Å². The molecule has 0 bridgehead atoms. The van der Waals surface area contributed by atoms with Crippen LogP contribution in [0.25, 0.3) is 0 Å². The molecular weight excluding hydrogens is 180 g/mol. The van der Waals surface area contributed by atoms with Crippen LogP contribution in [0.4, 0.5) is 0 Å². The number of ketones is 1. The van der Waals surface area contributed by atoms with Crippen molar-refractivity contribution < 1.29 is 14.3 Å². The molecule has 0 radical (unpaired) electrons. The van der Waals surface area contributed by atoms with E-state index in [1.54, 1.807) is 12.1 Å². The lowest BCUT2D eigenvalue weighted by molar-refractivity contribution is -0.118. The largest absolute Gasteiger partial charge is 0.485 e. The molecule has 0 atom stereocenters. The Balaban J connectivity index is 2.85. The van der Waals surface area contributed by atoms with Gasteiger partial charge in [-0.25, -0.2) is 0 Å². The number of Topliss-reactive ketones (excluding diaryl/α,β-unsaturated/α-hetero) is 1. The first-order valence-corrected chi connectivity index (χ1v) is 4.31. The third-order valence-corrected chi connectivity index (χ3v) is 1.72. The quantitative estimate of drug-likeness (QED) is 0.683. The van der Waals surface area contributed by atoms with Crippen LogP contribution >= 0.6 is 0 Å². The highest BCUT2D eigenvalue weighted by Crippen LogP contribution is 2.17. The maximum Gasteiger partial charge on any atom is 0.167 e. The second kappa shape index (κ2) is 4.56. The third kappa shape index (κ3) is 2.69. The first-order valence-electron chi connectivity index (χ1n) is 4.31. The molecule has 1 aromatic rings. The van der Waals surface area contributed by atoms with E-state index in [1.807, 2.05) is 13.0 Å². The molecular formula is C11H12O3. The van der Waals surface area contributed by atoms with Crippen LogP contribution < -0.4 is 4.74 Å². The van der Waals surface area contributed by atoms with Crippen LogP contribution in [0, 0.1) is 6.92 Å². The second-order valence-corrected chi connectivity index (χ2v) is 3.15. The lowest BCUT2D eigenvalue weighted by Crippen LogP contribution is -2.07. The summed E-state index contributed by atoms with van der Waals surface area (Å²) in [5.41, 5.74) is 1.47. The fourth-order valence-corrected chi connectivity index (χ4v) is 1.07. The molecule has 0 aliphatic rings. The predicted octanol–water partition coefficient (Wildman–Crippen LogP) is 1.78. The monoisotopic (exact) mass is 192 g/mol. The van der Waals surface area contributed by atoms with Crippen molar-refractivity contribution in [2.75, 3.05) is 6.61 Å². The van der Waals surface area contributed by atoms with Gasteiger partial charge in [0, 0.05) is 0 Å². The van der Waals surface area contributed by atoms with E-state index < -0.39 is 0 Å². The number of hydrogen-bond donors (Lipinski definition) is 0. The molecule has 0 N–H and O–H groups in total. The molecule has 14 heavy (non-hydrogen) atoms. The van der Waals surface area contributed by atoms with Gasteiger partial charge in [0.25, 0.3) is 0 Å². The molecule has 0 saturated carbocycles. The minimum atomic E-state index is -0.0672. The van der Waals surface area contributed by atoms with Gasteiger partial charge in [0.05, 0.1) is 5.56 Å². The van der Waals surface area contributed by atoms with Crippen LogP contribution in [0.1, 0.15) is 22.8 Å². The summed E-state index contributed by atoms with van der Waals surface area (Å²) in [6.07, 6.45) is 0.725. The topological polar surface area (TPSA) is 43.4 Å². The second-order valence-electron chi connectivity index (χ2n) is 3.15. The van der Waals surface area contributed by atoms with Gasteiger partial charge in [0.15, 0.2) is 12.1 Å². The molecule has 0 fully saturated rings. The maximum atomic E-state index is 10.7. The van der Waals surface area contributed by atoms with Crippen LogP contribution in [0.15, 0.2) is 18.2 Å². The van der Waals surface area contributed by atoms with Gasteiger partial charge >= 0.3 is 0 Å². The van der Waals surface area contributed by atoms with E-state index in [9.17, 15) is 9.59 Å². The Bertz CT molecular complexity index is 356. The first kappa shape index (κ1) is 10.4. The van der Waals surface area contributed by atoms with E-state index >= 15 is 0 Å². The van der Waals surface area contributed by atoms with Crippen molar-refractivity contribution in [3.63, 3.8) is 0 Å². The van der Waals surface area contributed by atoms with Crippen molar-refractivity contribution in [2.24, 2.45) is 0 Å². The standard InChI is InChI=1S/C11H12O3/c1-8-3-4-11(10(5-8)6-12)14-7-9(2)13/h3-6H,7H2,1-2H3. The molecule has 3 heteroatoms. The Kier molecular flexibility index (Phi) is 3.40. The lowest BCUT2D eigenvalue weighted by atomic mass is 10.1. The SMILES string of the molecule is CC(=O)COc1ccc(C)cc1C=O. The number of hydrogen-bond acceptors (Lipinski definition) is 3. The van der Waals surface area contributed by atoms with E-state index in [0.29, 0.717) is 11.3 Å². The highest BCUT2D eigenvalue weighted by atomic mass is 16.5. The number of carbonyl (C=O) groups is 2. The van der Waals surface area contributed by atoms with E-state index in [4.69, 9.17) is 4.74 Å². The molecule has 0 aromatic heterocycles. The average molecular weight is 192 g/mol. The van der Waals surface area contributed by atoms with Crippen molar-refractivity contribution in [2.45, 2.75) is 13.8 Å². The van der Waals surface area contributed by atoms with Gasteiger partial charge < -0.3 is 4.74 Å². The molecule has 0 heterocycles. The predicted molar refractivity (Wildman–Crippen MR) is 52.7 cm³/mol. The van der Waals surface area contributed by atoms with Crippen molar-refractivity contribution >= 4 is 12.1 Å². The van der Waals surface area contributed by atoms with E-state index in [1.165, 1.54) is 6.92 Å². The fraction of sp³-hybridized carbons (Fsp3) is 0.273. The molecule has 1 aromatic carbocycles. The van der Waals surface area contributed by atoms with Crippen molar-refractivity contribution in [1.29, 1.82) is 0 Å². The van der Waals surface area contributed by atoms with Gasteiger partial charge in [-0.05, 0) is 26.0 Å².